The number of hydrogen-bond acceptors (Lipinski definition) is 4. The fraction of sp³-hybridized carbons (Fsp3) is 0.286. The van der Waals surface area contributed by atoms with E-state index < -0.39 is 0 Å². The van der Waals surface area contributed by atoms with Crippen LogP contribution in [0.4, 0.5) is 0 Å². The second-order valence-corrected chi connectivity index (χ2v) is 5.43. The molecule has 4 N–H and O–H groups in total. The van der Waals surface area contributed by atoms with Crippen LogP contribution >= 0.6 is 11.3 Å². The van der Waals surface area contributed by atoms with E-state index in [1.54, 1.807) is 11.3 Å². The second-order valence-electron chi connectivity index (χ2n) is 4.52. The molecule has 1 unspecified atom stereocenters. The van der Waals surface area contributed by atoms with Gasteiger partial charge in [0.2, 0.25) is 0 Å². The number of nitrogens with one attached hydrogen (secondary N) is 1. The van der Waals surface area contributed by atoms with Crippen LogP contribution in [0.3, 0.4) is 0 Å². The molecule has 2 aromatic rings. The van der Waals surface area contributed by atoms with Gasteiger partial charge >= 0.3 is 0 Å². The molecule has 5 nitrogen and oxygen atoms in total. The summed E-state index contributed by atoms with van der Waals surface area (Å²) in [6, 6.07) is 7.65. The van der Waals surface area contributed by atoms with Gasteiger partial charge in [0.25, 0.3) is 5.91 Å². The molecule has 106 valence electrons. The van der Waals surface area contributed by atoms with Crippen molar-refractivity contribution in [3.63, 3.8) is 0 Å². The molecule has 0 fully saturated rings. The van der Waals surface area contributed by atoms with Gasteiger partial charge in [0.1, 0.15) is 5.84 Å². The Balaban J connectivity index is 2.15. The van der Waals surface area contributed by atoms with Crippen molar-refractivity contribution >= 4 is 33.2 Å². The van der Waals surface area contributed by atoms with Gasteiger partial charge in [-0.15, -0.1) is 11.3 Å². The van der Waals surface area contributed by atoms with Gasteiger partial charge in [-0.05, 0) is 12.5 Å². The van der Waals surface area contributed by atoms with Crippen molar-refractivity contribution in [1.82, 2.24) is 5.32 Å². The zero-order valence-corrected chi connectivity index (χ0v) is 12.0. The van der Waals surface area contributed by atoms with Gasteiger partial charge < -0.3 is 16.3 Å². The highest BCUT2D eigenvalue weighted by Gasteiger charge is 2.16. The van der Waals surface area contributed by atoms with Crippen LogP contribution in [-0.2, 0) is 0 Å². The highest BCUT2D eigenvalue weighted by molar-refractivity contribution is 7.17. The number of carbonyl (C=O) groups is 1. The summed E-state index contributed by atoms with van der Waals surface area (Å²) >= 11 is 1.55. The standard InChI is InChI=1S/C14H17N3O2S/c1-2-9(7-13(15)17-19)16-14(18)11-8-20-12-6-4-3-5-10(11)12/h3-6,8-9,19H,2,7H2,1H3,(H2,15,17)(H,16,18). The Hall–Kier alpha value is -2.08. The van der Waals surface area contributed by atoms with Crippen LogP contribution in [0, 0.1) is 0 Å². The Labute approximate surface area is 121 Å². The zero-order chi connectivity index (χ0) is 14.5. The molecule has 1 heterocycles. The third kappa shape index (κ3) is 3.08. The summed E-state index contributed by atoms with van der Waals surface area (Å²) in [7, 11) is 0. The van der Waals surface area contributed by atoms with Gasteiger partial charge in [-0.25, -0.2) is 0 Å². The van der Waals surface area contributed by atoms with Gasteiger partial charge in [-0.2, -0.15) is 0 Å². The molecule has 0 spiro atoms. The van der Waals surface area contributed by atoms with E-state index in [1.807, 2.05) is 36.6 Å². The number of amides is 1. The topological polar surface area (TPSA) is 87.7 Å². The third-order valence-electron chi connectivity index (χ3n) is 3.14. The van der Waals surface area contributed by atoms with Crippen LogP contribution in [0.1, 0.15) is 30.1 Å². The van der Waals surface area contributed by atoms with Crippen molar-refractivity contribution in [3.8, 4) is 0 Å². The minimum Gasteiger partial charge on any atom is -0.409 e. The van der Waals surface area contributed by atoms with Crippen molar-refractivity contribution in [2.75, 3.05) is 0 Å². The molecule has 2 rings (SSSR count). The fourth-order valence-electron chi connectivity index (χ4n) is 2.01. The number of thiophene rings is 1. The average molecular weight is 291 g/mol. The molecule has 1 atom stereocenters. The van der Waals surface area contributed by atoms with Gasteiger partial charge in [0, 0.05) is 27.9 Å². The molecule has 0 saturated heterocycles. The highest BCUT2D eigenvalue weighted by Crippen LogP contribution is 2.25. The molecule has 20 heavy (non-hydrogen) atoms. The maximum Gasteiger partial charge on any atom is 0.252 e. The van der Waals surface area contributed by atoms with Crippen LogP contribution in [0.5, 0.6) is 0 Å². The van der Waals surface area contributed by atoms with E-state index in [4.69, 9.17) is 10.9 Å². The number of hydrogen-bond donors (Lipinski definition) is 3. The van der Waals surface area contributed by atoms with Gasteiger partial charge in [-0.3, -0.25) is 4.79 Å². The average Bonchev–Trinajstić information content (AvgIpc) is 2.90. The van der Waals surface area contributed by atoms with Crippen LogP contribution in [0.15, 0.2) is 34.8 Å². The molecule has 0 saturated carbocycles. The summed E-state index contributed by atoms with van der Waals surface area (Å²) in [4.78, 5) is 12.3. The van der Waals surface area contributed by atoms with Crippen molar-refractivity contribution in [2.24, 2.45) is 10.9 Å². The van der Waals surface area contributed by atoms with Crippen molar-refractivity contribution in [3.05, 3.63) is 35.2 Å². The predicted molar refractivity (Wildman–Crippen MR) is 81.4 cm³/mol. The Kier molecular flexibility index (Phi) is 4.57. The highest BCUT2D eigenvalue weighted by atomic mass is 32.1. The number of nitrogens with zero attached hydrogens (tertiary/aromatic N) is 1. The first-order chi connectivity index (χ1) is 9.65. The Bertz CT molecular complexity index is 636. The summed E-state index contributed by atoms with van der Waals surface area (Å²) in [5, 5.41) is 17.3. The largest absolute Gasteiger partial charge is 0.409 e. The summed E-state index contributed by atoms with van der Waals surface area (Å²) in [6.07, 6.45) is 1.05. The molecule has 0 radical (unpaired) electrons. The zero-order valence-electron chi connectivity index (χ0n) is 11.2. The number of nitrogens with two attached hydrogens (primary N) is 1. The van der Waals surface area contributed by atoms with Crippen LogP contribution in [0.25, 0.3) is 10.1 Å². The van der Waals surface area contributed by atoms with E-state index in [2.05, 4.69) is 10.5 Å². The maximum atomic E-state index is 12.3. The number of benzene rings is 1. The van der Waals surface area contributed by atoms with Crippen LogP contribution < -0.4 is 11.1 Å². The molecule has 6 heteroatoms. The molecule has 0 aliphatic carbocycles. The first-order valence-corrected chi connectivity index (χ1v) is 7.27. The summed E-state index contributed by atoms with van der Waals surface area (Å²) in [5.74, 6) is -0.00707. The number of fused-ring (bicyclic) bond motifs is 1. The third-order valence-corrected chi connectivity index (χ3v) is 4.10. The fourth-order valence-corrected chi connectivity index (χ4v) is 2.95. The van der Waals surface area contributed by atoms with Crippen molar-refractivity contribution < 1.29 is 10.0 Å². The smallest absolute Gasteiger partial charge is 0.252 e. The minimum atomic E-state index is -0.142. The Morgan fingerprint density at radius 3 is 2.95 bits per heavy atom. The number of rotatable bonds is 5. The Morgan fingerprint density at radius 1 is 1.50 bits per heavy atom. The molecule has 0 aliphatic rings. The SMILES string of the molecule is CCC(CC(N)=NO)NC(=O)c1csc2ccccc12. The molecular formula is C14H17N3O2S. The molecule has 0 bridgehead atoms. The van der Waals surface area contributed by atoms with Gasteiger partial charge in [-0.1, -0.05) is 30.3 Å². The monoisotopic (exact) mass is 291 g/mol. The van der Waals surface area contributed by atoms with Gasteiger partial charge in [0.15, 0.2) is 0 Å². The molecule has 1 amide bonds. The van der Waals surface area contributed by atoms with E-state index in [9.17, 15) is 4.79 Å². The summed E-state index contributed by atoms with van der Waals surface area (Å²) in [6.45, 7) is 1.95. The lowest BCUT2D eigenvalue weighted by atomic mass is 10.1. The predicted octanol–water partition coefficient (Wildman–Crippen LogP) is 2.55. The first-order valence-electron chi connectivity index (χ1n) is 6.39. The maximum absolute atomic E-state index is 12.3. The normalized spacial score (nSPS) is 13.3. The lowest BCUT2D eigenvalue weighted by Crippen LogP contribution is -2.37. The van der Waals surface area contributed by atoms with E-state index >= 15 is 0 Å². The second kappa shape index (κ2) is 6.38. The molecule has 1 aromatic carbocycles. The van der Waals surface area contributed by atoms with Crippen molar-refractivity contribution in [2.45, 2.75) is 25.8 Å². The lowest BCUT2D eigenvalue weighted by Gasteiger charge is -2.15. The van der Waals surface area contributed by atoms with E-state index in [0.717, 1.165) is 10.1 Å². The number of carbonyl (C=O) groups excluding carboxylic acids is 1. The Morgan fingerprint density at radius 2 is 2.25 bits per heavy atom. The van der Waals surface area contributed by atoms with Gasteiger partial charge in [0.05, 0.1) is 5.56 Å². The number of amidine groups is 1. The van der Waals surface area contributed by atoms with E-state index in [1.165, 1.54) is 0 Å². The van der Waals surface area contributed by atoms with Crippen molar-refractivity contribution in [1.29, 1.82) is 0 Å². The molecular weight excluding hydrogens is 274 g/mol. The van der Waals surface area contributed by atoms with E-state index in [-0.39, 0.29) is 17.8 Å². The summed E-state index contributed by atoms with van der Waals surface area (Å²) in [5.41, 5.74) is 6.16. The summed E-state index contributed by atoms with van der Waals surface area (Å²) < 4.78 is 1.09. The quantitative estimate of drug-likeness (QED) is 0.342. The van der Waals surface area contributed by atoms with Crippen LogP contribution in [-0.4, -0.2) is 23.0 Å². The lowest BCUT2D eigenvalue weighted by molar-refractivity contribution is 0.0939. The molecule has 1 aromatic heterocycles. The van der Waals surface area contributed by atoms with Crippen LogP contribution in [0.2, 0.25) is 0 Å². The number of oxime groups is 1. The van der Waals surface area contributed by atoms with E-state index in [0.29, 0.717) is 18.4 Å². The molecule has 0 aliphatic heterocycles. The minimum absolute atomic E-state index is 0.118. The first kappa shape index (κ1) is 14.3.